The SMILES string of the molecule is O=C(C1CCC1)N(CCN1CCOCC1)c1nc2ccc(Br)cc2s1. The van der Waals surface area contributed by atoms with Crippen molar-refractivity contribution in [3.05, 3.63) is 22.7 Å². The zero-order chi connectivity index (χ0) is 17.2. The first kappa shape index (κ1) is 17.4. The molecule has 2 aliphatic rings. The molecule has 0 unspecified atom stereocenters. The summed E-state index contributed by atoms with van der Waals surface area (Å²) >= 11 is 5.12. The Morgan fingerprint density at radius 3 is 2.88 bits per heavy atom. The van der Waals surface area contributed by atoms with Crippen molar-refractivity contribution < 1.29 is 9.53 Å². The number of anilines is 1. The highest BCUT2D eigenvalue weighted by atomic mass is 79.9. The van der Waals surface area contributed by atoms with Crippen LogP contribution in [0.3, 0.4) is 0 Å². The Morgan fingerprint density at radius 2 is 2.16 bits per heavy atom. The Kier molecular flexibility index (Phi) is 5.36. The number of thiazole rings is 1. The van der Waals surface area contributed by atoms with E-state index in [0.29, 0.717) is 6.54 Å². The maximum atomic E-state index is 13.0. The minimum absolute atomic E-state index is 0.184. The first-order valence-corrected chi connectivity index (χ1v) is 10.5. The van der Waals surface area contributed by atoms with Gasteiger partial charge in [0.1, 0.15) is 0 Å². The van der Waals surface area contributed by atoms with Gasteiger partial charge in [0, 0.05) is 36.6 Å². The summed E-state index contributed by atoms with van der Waals surface area (Å²) in [4.78, 5) is 22.0. The van der Waals surface area contributed by atoms with Gasteiger partial charge in [-0.15, -0.1) is 0 Å². The number of carbonyl (C=O) groups is 1. The summed E-state index contributed by atoms with van der Waals surface area (Å²) < 4.78 is 7.57. The second-order valence-corrected chi connectivity index (χ2v) is 8.60. The fourth-order valence-electron chi connectivity index (χ4n) is 3.24. The second kappa shape index (κ2) is 7.70. The number of hydrogen-bond acceptors (Lipinski definition) is 5. The Bertz CT molecular complexity index is 756. The van der Waals surface area contributed by atoms with E-state index >= 15 is 0 Å². The number of hydrogen-bond donors (Lipinski definition) is 0. The topological polar surface area (TPSA) is 45.7 Å². The molecular weight excluding hydrogens is 402 g/mol. The van der Waals surface area contributed by atoms with Crippen LogP contribution in [0.2, 0.25) is 0 Å². The molecule has 1 aromatic carbocycles. The van der Waals surface area contributed by atoms with Gasteiger partial charge in [-0.2, -0.15) is 0 Å². The van der Waals surface area contributed by atoms with Crippen molar-refractivity contribution in [2.75, 3.05) is 44.3 Å². The molecule has 1 aliphatic heterocycles. The van der Waals surface area contributed by atoms with Gasteiger partial charge in [0.25, 0.3) is 0 Å². The maximum Gasteiger partial charge on any atom is 0.231 e. The lowest BCUT2D eigenvalue weighted by molar-refractivity contribution is -0.124. The fraction of sp³-hybridized carbons (Fsp3) is 0.556. The molecule has 1 aliphatic carbocycles. The van der Waals surface area contributed by atoms with Gasteiger partial charge in [0.05, 0.1) is 23.4 Å². The molecule has 0 N–H and O–H groups in total. The summed E-state index contributed by atoms with van der Waals surface area (Å²) in [6.07, 6.45) is 3.20. The van der Waals surface area contributed by atoms with Crippen molar-refractivity contribution in [3.8, 4) is 0 Å². The molecule has 2 aromatic rings. The van der Waals surface area contributed by atoms with Crippen LogP contribution >= 0.6 is 27.3 Å². The van der Waals surface area contributed by atoms with Gasteiger partial charge in [-0.1, -0.05) is 33.7 Å². The Morgan fingerprint density at radius 1 is 1.36 bits per heavy atom. The summed E-state index contributed by atoms with van der Waals surface area (Å²) in [6, 6.07) is 6.08. The van der Waals surface area contributed by atoms with Gasteiger partial charge in [-0.05, 0) is 31.0 Å². The second-order valence-electron chi connectivity index (χ2n) is 6.68. The van der Waals surface area contributed by atoms with E-state index in [9.17, 15) is 4.79 Å². The molecule has 0 bridgehead atoms. The highest BCUT2D eigenvalue weighted by Gasteiger charge is 2.31. The maximum absolute atomic E-state index is 13.0. The van der Waals surface area contributed by atoms with E-state index < -0.39 is 0 Å². The average Bonchev–Trinajstić information content (AvgIpc) is 2.97. The number of morpholine rings is 1. The molecule has 4 rings (SSSR count). The predicted octanol–water partition coefficient (Wildman–Crippen LogP) is 3.52. The minimum atomic E-state index is 0.184. The van der Waals surface area contributed by atoms with Crippen LogP contribution in [0.4, 0.5) is 5.13 Å². The van der Waals surface area contributed by atoms with E-state index in [2.05, 4.69) is 26.9 Å². The lowest BCUT2D eigenvalue weighted by atomic mass is 9.84. The van der Waals surface area contributed by atoms with Crippen LogP contribution in [0, 0.1) is 5.92 Å². The molecule has 1 saturated heterocycles. The Balaban J connectivity index is 1.55. The molecule has 5 nitrogen and oxygen atoms in total. The fourth-order valence-corrected chi connectivity index (χ4v) is 4.79. The van der Waals surface area contributed by atoms with E-state index in [4.69, 9.17) is 9.72 Å². The van der Waals surface area contributed by atoms with Crippen LogP contribution in [0.25, 0.3) is 10.2 Å². The number of rotatable bonds is 5. The Labute approximate surface area is 160 Å². The van der Waals surface area contributed by atoms with Crippen molar-refractivity contribution in [1.29, 1.82) is 0 Å². The molecule has 25 heavy (non-hydrogen) atoms. The first-order chi connectivity index (χ1) is 12.2. The molecule has 7 heteroatoms. The summed E-state index contributed by atoms with van der Waals surface area (Å²) in [5, 5.41) is 0.832. The summed E-state index contributed by atoms with van der Waals surface area (Å²) in [5.41, 5.74) is 0.959. The quantitative estimate of drug-likeness (QED) is 0.737. The molecule has 0 spiro atoms. The van der Waals surface area contributed by atoms with Gasteiger partial charge < -0.3 is 4.74 Å². The first-order valence-electron chi connectivity index (χ1n) is 8.88. The molecule has 0 radical (unpaired) electrons. The van der Waals surface area contributed by atoms with E-state index in [0.717, 1.165) is 65.5 Å². The normalized spacial score (nSPS) is 19.1. The van der Waals surface area contributed by atoms with Crippen molar-refractivity contribution in [1.82, 2.24) is 9.88 Å². The molecule has 134 valence electrons. The summed E-state index contributed by atoms with van der Waals surface area (Å²) in [7, 11) is 0. The highest BCUT2D eigenvalue weighted by molar-refractivity contribution is 9.10. The summed E-state index contributed by atoms with van der Waals surface area (Å²) in [5.74, 6) is 0.432. The third kappa shape index (κ3) is 3.89. The molecule has 2 heterocycles. The molecule has 1 saturated carbocycles. The number of fused-ring (bicyclic) bond motifs is 1. The lowest BCUT2D eigenvalue weighted by Gasteiger charge is -2.33. The van der Waals surface area contributed by atoms with E-state index in [1.54, 1.807) is 11.3 Å². The van der Waals surface area contributed by atoms with Crippen molar-refractivity contribution in [3.63, 3.8) is 0 Å². The van der Waals surface area contributed by atoms with Crippen LogP contribution in [-0.2, 0) is 9.53 Å². The zero-order valence-corrected chi connectivity index (χ0v) is 16.5. The minimum Gasteiger partial charge on any atom is -0.379 e. The molecule has 1 amide bonds. The van der Waals surface area contributed by atoms with E-state index in [1.165, 1.54) is 6.42 Å². The van der Waals surface area contributed by atoms with E-state index in [1.807, 2.05) is 17.0 Å². The average molecular weight is 424 g/mol. The van der Waals surface area contributed by atoms with Crippen LogP contribution in [0.5, 0.6) is 0 Å². The van der Waals surface area contributed by atoms with Crippen LogP contribution < -0.4 is 4.90 Å². The lowest BCUT2D eigenvalue weighted by Crippen LogP contribution is -2.45. The number of benzene rings is 1. The number of amides is 1. The number of aromatic nitrogens is 1. The largest absolute Gasteiger partial charge is 0.379 e. The standard InChI is InChI=1S/C18H22BrN3O2S/c19-14-4-5-15-16(12-14)25-18(20-15)22(17(23)13-2-1-3-13)7-6-21-8-10-24-11-9-21/h4-5,12-13H,1-3,6-11H2. The summed E-state index contributed by atoms with van der Waals surface area (Å²) in [6.45, 7) is 5.03. The van der Waals surface area contributed by atoms with Gasteiger partial charge >= 0.3 is 0 Å². The zero-order valence-electron chi connectivity index (χ0n) is 14.1. The van der Waals surface area contributed by atoms with Crippen LogP contribution in [0.1, 0.15) is 19.3 Å². The third-order valence-electron chi connectivity index (χ3n) is 5.03. The number of nitrogens with zero attached hydrogens (tertiary/aromatic N) is 3. The van der Waals surface area contributed by atoms with E-state index in [-0.39, 0.29) is 11.8 Å². The van der Waals surface area contributed by atoms with Gasteiger partial charge in [-0.25, -0.2) is 4.98 Å². The molecule has 2 fully saturated rings. The van der Waals surface area contributed by atoms with Crippen molar-refractivity contribution in [2.45, 2.75) is 19.3 Å². The van der Waals surface area contributed by atoms with Crippen molar-refractivity contribution >= 4 is 48.5 Å². The molecule has 1 aromatic heterocycles. The highest BCUT2D eigenvalue weighted by Crippen LogP contribution is 2.34. The van der Waals surface area contributed by atoms with Gasteiger partial charge in [-0.3, -0.25) is 14.6 Å². The number of carbonyl (C=O) groups excluding carboxylic acids is 1. The van der Waals surface area contributed by atoms with Crippen LogP contribution in [-0.4, -0.2) is 55.2 Å². The third-order valence-corrected chi connectivity index (χ3v) is 6.57. The van der Waals surface area contributed by atoms with Gasteiger partial charge in [0.15, 0.2) is 5.13 Å². The smallest absolute Gasteiger partial charge is 0.231 e. The van der Waals surface area contributed by atoms with Crippen molar-refractivity contribution in [2.24, 2.45) is 5.92 Å². The predicted molar refractivity (Wildman–Crippen MR) is 104 cm³/mol. The molecular formula is C18H22BrN3O2S. The van der Waals surface area contributed by atoms with Crippen LogP contribution in [0.15, 0.2) is 22.7 Å². The monoisotopic (exact) mass is 423 g/mol. The van der Waals surface area contributed by atoms with Gasteiger partial charge in [0.2, 0.25) is 5.91 Å². The Hall–Kier alpha value is -1.02. The molecule has 0 atom stereocenters. The number of ether oxygens (including phenoxy) is 1. The number of halogens is 1.